The van der Waals surface area contributed by atoms with Gasteiger partial charge in [0.1, 0.15) is 17.7 Å². The maximum Gasteiger partial charge on any atom is 0.328 e. The molecule has 1 saturated heterocycles. The topological polar surface area (TPSA) is 101 Å². The number of carbonyl (C=O) groups is 2. The van der Waals surface area contributed by atoms with Crippen LogP contribution in [0.4, 0.5) is 0 Å². The fourth-order valence-electron chi connectivity index (χ4n) is 3.84. The second-order valence-electron chi connectivity index (χ2n) is 7.02. The van der Waals surface area contributed by atoms with E-state index in [1.165, 1.54) is 6.20 Å². The summed E-state index contributed by atoms with van der Waals surface area (Å²) in [5.41, 5.74) is 3.57. The summed E-state index contributed by atoms with van der Waals surface area (Å²) < 4.78 is 6.79. The average molecular weight is 383 g/mol. The number of aromatic nitrogens is 3. The minimum absolute atomic E-state index is 0.0465. The monoisotopic (exact) mass is 383 g/mol. The van der Waals surface area contributed by atoms with Crippen LogP contribution in [0.1, 0.15) is 55.1 Å². The molecular weight excluding hydrogens is 358 g/mol. The SMILES string of the molecule is CCOC(=O)C1CCCCN1C(=O)CCc1c(C)nc2c(C#N)cnn2c1C. The predicted octanol–water partition coefficient (Wildman–Crippen LogP) is 2.09. The van der Waals surface area contributed by atoms with Crippen molar-refractivity contribution < 1.29 is 14.3 Å². The van der Waals surface area contributed by atoms with E-state index in [1.807, 2.05) is 13.8 Å². The minimum atomic E-state index is -0.478. The van der Waals surface area contributed by atoms with Gasteiger partial charge in [0, 0.05) is 24.4 Å². The molecule has 0 aromatic carbocycles. The summed E-state index contributed by atoms with van der Waals surface area (Å²) in [7, 11) is 0. The van der Waals surface area contributed by atoms with E-state index in [4.69, 9.17) is 4.74 Å². The van der Waals surface area contributed by atoms with Crippen LogP contribution in [0.5, 0.6) is 0 Å². The van der Waals surface area contributed by atoms with Crippen molar-refractivity contribution in [3.8, 4) is 6.07 Å². The molecule has 148 valence electrons. The summed E-state index contributed by atoms with van der Waals surface area (Å²) in [6.07, 6.45) is 4.77. The van der Waals surface area contributed by atoms with Crippen LogP contribution in [0.15, 0.2) is 6.20 Å². The Morgan fingerprint density at radius 1 is 1.36 bits per heavy atom. The third-order valence-corrected chi connectivity index (χ3v) is 5.30. The van der Waals surface area contributed by atoms with Crippen molar-refractivity contribution >= 4 is 17.5 Å². The van der Waals surface area contributed by atoms with Crippen molar-refractivity contribution in [2.45, 2.75) is 58.9 Å². The molecule has 3 heterocycles. The van der Waals surface area contributed by atoms with Crippen LogP contribution in [0.25, 0.3) is 5.65 Å². The maximum atomic E-state index is 12.9. The van der Waals surface area contributed by atoms with E-state index in [-0.39, 0.29) is 18.3 Å². The van der Waals surface area contributed by atoms with Crippen LogP contribution in [-0.2, 0) is 20.7 Å². The smallest absolute Gasteiger partial charge is 0.328 e. The third kappa shape index (κ3) is 3.70. The van der Waals surface area contributed by atoms with Gasteiger partial charge in [-0.3, -0.25) is 4.79 Å². The van der Waals surface area contributed by atoms with Gasteiger partial charge in [0.25, 0.3) is 0 Å². The quantitative estimate of drug-likeness (QED) is 0.733. The summed E-state index contributed by atoms with van der Waals surface area (Å²) in [5.74, 6) is -0.360. The molecule has 8 heteroatoms. The summed E-state index contributed by atoms with van der Waals surface area (Å²) in [6.45, 7) is 6.47. The van der Waals surface area contributed by atoms with Crippen LogP contribution in [0.3, 0.4) is 0 Å². The molecule has 0 bridgehead atoms. The molecule has 8 nitrogen and oxygen atoms in total. The normalized spacial score (nSPS) is 16.8. The van der Waals surface area contributed by atoms with Crippen molar-refractivity contribution in [1.29, 1.82) is 5.26 Å². The van der Waals surface area contributed by atoms with E-state index in [0.29, 0.717) is 37.2 Å². The average Bonchev–Trinajstić information content (AvgIpc) is 3.10. The number of nitriles is 1. The highest BCUT2D eigenvalue weighted by Gasteiger charge is 2.33. The number of hydrogen-bond acceptors (Lipinski definition) is 6. The number of rotatable bonds is 5. The molecule has 0 N–H and O–H groups in total. The summed E-state index contributed by atoms with van der Waals surface area (Å²) >= 11 is 0. The van der Waals surface area contributed by atoms with Crippen molar-refractivity contribution in [2.75, 3.05) is 13.2 Å². The van der Waals surface area contributed by atoms with E-state index in [1.54, 1.807) is 16.3 Å². The highest BCUT2D eigenvalue weighted by atomic mass is 16.5. The zero-order chi connectivity index (χ0) is 20.3. The summed E-state index contributed by atoms with van der Waals surface area (Å²) in [5, 5.41) is 13.4. The molecule has 2 aromatic heterocycles. The number of ether oxygens (including phenoxy) is 1. The lowest BCUT2D eigenvalue weighted by atomic mass is 10.00. The molecule has 1 aliphatic heterocycles. The minimum Gasteiger partial charge on any atom is -0.464 e. The second-order valence-corrected chi connectivity index (χ2v) is 7.02. The number of nitrogens with zero attached hydrogens (tertiary/aromatic N) is 5. The number of esters is 1. The number of amides is 1. The molecule has 1 unspecified atom stereocenters. The Morgan fingerprint density at radius 3 is 2.86 bits per heavy atom. The first kappa shape index (κ1) is 19.8. The molecule has 0 spiro atoms. The van der Waals surface area contributed by atoms with E-state index < -0.39 is 6.04 Å². The van der Waals surface area contributed by atoms with Gasteiger partial charge < -0.3 is 9.64 Å². The molecule has 0 saturated carbocycles. The largest absolute Gasteiger partial charge is 0.464 e. The first-order chi connectivity index (χ1) is 13.5. The van der Waals surface area contributed by atoms with Gasteiger partial charge in [-0.25, -0.2) is 14.3 Å². The van der Waals surface area contributed by atoms with Gasteiger partial charge in [-0.05, 0) is 52.0 Å². The number of hydrogen-bond donors (Lipinski definition) is 0. The van der Waals surface area contributed by atoms with E-state index >= 15 is 0 Å². The van der Waals surface area contributed by atoms with Crippen molar-refractivity contribution in [1.82, 2.24) is 19.5 Å². The number of aryl methyl sites for hydroxylation is 2. The van der Waals surface area contributed by atoms with Gasteiger partial charge in [0.05, 0.1) is 12.8 Å². The molecule has 28 heavy (non-hydrogen) atoms. The molecule has 1 amide bonds. The fraction of sp³-hybridized carbons (Fsp3) is 0.550. The Hall–Kier alpha value is -2.95. The molecule has 1 atom stereocenters. The molecule has 0 radical (unpaired) electrons. The molecule has 2 aromatic rings. The van der Waals surface area contributed by atoms with Crippen molar-refractivity contribution in [3.05, 3.63) is 28.7 Å². The first-order valence-electron chi connectivity index (χ1n) is 9.68. The van der Waals surface area contributed by atoms with Crippen LogP contribution in [0, 0.1) is 25.2 Å². The van der Waals surface area contributed by atoms with E-state index in [0.717, 1.165) is 29.8 Å². The zero-order valence-corrected chi connectivity index (χ0v) is 16.6. The van der Waals surface area contributed by atoms with Gasteiger partial charge in [-0.2, -0.15) is 10.4 Å². The number of piperidine rings is 1. The molecule has 0 aliphatic carbocycles. The summed E-state index contributed by atoms with van der Waals surface area (Å²) in [4.78, 5) is 31.2. The van der Waals surface area contributed by atoms with Gasteiger partial charge in [-0.1, -0.05) is 0 Å². The van der Waals surface area contributed by atoms with E-state index in [9.17, 15) is 14.9 Å². The third-order valence-electron chi connectivity index (χ3n) is 5.30. The summed E-state index contributed by atoms with van der Waals surface area (Å²) in [6, 6.07) is 1.61. The van der Waals surface area contributed by atoms with Crippen molar-refractivity contribution in [3.63, 3.8) is 0 Å². The van der Waals surface area contributed by atoms with Gasteiger partial charge in [-0.15, -0.1) is 0 Å². The first-order valence-corrected chi connectivity index (χ1v) is 9.68. The lowest BCUT2D eigenvalue weighted by Gasteiger charge is -2.34. The maximum absolute atomic E-state index is 12.9. The van der Waals surface area contributed by atoms with Gasteiger partial charge in [0.15, 0.2) is 5.65 Å². The standard InChI is InChI=1S/C20H25N5O3/c1-4-28-20(27)17-7-5-6-10-24(17)18(26)9-8-16-13(2)23-19-15(11-21)12-22-25(19)14(16)3/h12,17H,4-10H2,1-3H3. The number of likely N-dealkylation sites (tertiary alicyclic amines) is 1. The number of fused-ring (bicyclic) bond motifs is 1. The lowest BCUT2D eigenvalue weighted by molar-refractivity contribution is -0.156. The van der Waals surface area contributed by atoms with Crippen LogP contribution >= 0.6 is 0 Å². The molecule has 1 aliphatic rings. The van der Waals surface area contributed by atoms with Crippen LogP contribution in [0.2, 0.25) is 0 Å². The van der Waals surface area contributed by atoms with Crippen LogP contribution < -0.4 is 0 Å². The van der Waals surface area contributed by atoms with Crippen LogP contribution in [-0.4, -0.2) is 50.6 Å². The Kier molecular flexibility index (Phi) is 5.93. The Labute approximate surface area is 164 Å². The predicted molar refractivity (Wildman–Crippen MR) is 101 cm³/mol. The van der Waals surface area contributed by atoms with E-state index in [2.05, 4.69) is 16.2 Å². The molecule has 1 fully saturated rings. The van der Waals surface area contributed by atoms with Crippen molar-refractivity contribution in [2.24, 2.45) is 0 Å². The van der Waals surface area contributed by atoms with Gasteiger partial charge >= 0.3 is 5.97 Å². The highest BCUT2D eigenvalue weighted by molar-refractivity contribution is 5.85. The Morgan fingerprint density at radius 2 is 2.14 bits per heavy atom. The van der Waals surface area contributed by atoms with Gasteiger partial charge in [0.2, 0.25) is 5.91 Å². The zero-order valence-electron chi connectivity index (χ0n) is 16.6. The molecule has 3 rings (SSSR count). The Balaban J connectivity index is 1.77. The molecular formula is C20H25N5O3. The second kappa shape index (κ2) is 8.38. The highest BCUT2D eigenvalue weighted by Crippen LogP contribution is 2.22. The lowest BCUT2D eigenvalue weighted by Crippen LogP contribution is -2.48. The Bertz CT molecular complexity index is 943. The fourth-order valence-corrected chi connectivity index (χ4v) is 3.84. The number of carbonyl (C=O) groups excluding carboxylic acids is 2.